The molecular formula is C4H10O5S. The van der Waals surface area contributed by atoms with Crippen LogP contribution in [0.15, 0.2) is 0 Å². The average molecular weight is 170 g/mol. The van der Waals surface area contributed by atoms with Crippen molar-refractivity contribution in [1.82, 2.24) is 0 Å². The number of carbonyl (C=O) groups excluding carboxylic acids is 1. The fourth-order valence-corrected chi connectivity index (χ4v) is 0.118. The van der Waals surface area contributed by atoms with E-state index in [1.807, 2.05) is 6.92 Å². The Morgan fingerprint density at radius 3 is 1.70 bits per heavy atom. The van der Waals surface area contributed by atoms with E-state index in [1.54, 1.807) is 0 Å². The van der Waals surface area contributed by atoms with Crippen molar-refractivity contribution in [2.24, 2.45) is 0 Å². The van der Waals surface area contributed by atoms with Crippen LogP contribution in [0.25, 0.3) is 0 Å². The molecule has 0 bridgehead atoms. The molecule has 5 nitrogen and oxygen atoms in total. The fourth-order valence-electron chi connectivity index (χ4n) is 0.118. The lowest BCUT2D eigenvalue weighted by atomic mass is 10.4. The lowest BCUT2D eigenvalue weighted by molar-refractivity contribution is -0.107. The Balaban J connectivity index is 0. The molecule has 6 heteroatoms. The van der Waals surface area contributed by atoms with Crippen molar-refractivity contribution < 1.29 is 22.3 Å². The second-order valence-electron chi connectivity index (χ2n) is 1.40. The zero-order valence-corrected chi connectivity index (χ0v) is 6.34. The van der Waals surface area contributed by atoms with Crippen LogP contribution in [0.4, 0.5) is 0 Å². The first-order chi connectivity index (χ1) is 4.41. The van der Waals surface area contributed by atoms with Gasteiger partial charge in [0.1, 0.15) is 6.29 Å². The molecule has 0 aromatic rings. The zero-order valence-electron chi connectivity index (χ0n) is 5.52. The highest BCUT2D eigenvalue weighted by molar-refractivity contribution is 7.79. The van der Waals surface area contributed by atoms with Gasteiger partial charge in [0.25, 0.3) is 0 Å². The third-order valence-electron chi connectivity index (χ3n) is 0.407. The molecule has 0 aromatic heterocycles. The molecule has 0 radical (unpaired) electrons. The number of rotatable bonds is 2. The second kappa shape index (κ2) is 6.66. The molecule has 10 heavy (non-hydrogen) atoms. The molecule has 0 spiro atoms. The lowest BCUT2D eigenvalue weighted by Crippen LogP contribution is -1.89. The Morgan fingerprint density at radius 1 is 1.40 bits per heavy atom. The Morgan fingerprint density at radius 2 is 1.70 bits per heavy atom. The van der Waals surface area contributed by atoms with E-state index in [1.165, 1.54) is 0 Å². The molecule has 0 amide bonds. The summed E-state index contributed by atoms with van der Waals surface area (Å²) in [5.41, 5.74) is 0. The minimum Gasteiger partial charge on any atom is -0.303 e. The highest BCUT2D eigenvalue weighted by atomic mass is 32.3. The Labute approximate surface area is 59.6 Å². The van der Waals surface area contributed by atoms with Crippen LogP contribution in [0.1, 0.15) is 19.8 Å². The van der Waals surface area contributed by atoms with Gasteiger partial charge in [-0.2, -0.15) is 8.42 Å². The van der Waals surface area contributed by atoms with Gasteiger partial charge in [0, 0.05) is 6.42 Å². The van der Waals surface area contributed by atoms with Crippen LogP contribution in [-0.4, -0.2) is 23.8 Å². The van der Waals surface area contributed by atoms with E-state index in [-0.39, 0.29) is 0 Å². The van der Waals surface area contributed by atoms with Crippen molar-refractivity contribution in [3.05, 3.63) is 0 Å². The monoisotopic (exact) mass is 170 g/mol. The summed E-state index contributed by atoms with van der Waals surface area (Å²) < 4.78 is 31.6. The molecule has 2 N–H and O–H groups in total. The normalized spacial score (nSPS) is 9.50. The molecule has 0 saturated heterocycles. The van der Waals surface area contributed by atoms with Gasteiger partial charge in [-0.3, -0.25) is 9.11 Å². The predicted molar refractivity (Wildman–Crippen MR) is 35.1 cm³/mol. The first-order valence-electron chi connectivity index (χ1n) is 2.55. The number of hydrogen-bond donors (Lipinski definition) is 2. The molecule has 0 aliphatic carbocycles. The summed E-state index contributed by atoms with van der Waals surface area (Å²) in [6.07, 6.45) is 2.61. The SMILES string of the molecule is CCCC=O.O=S(=O)(O)O. The molecule has 0 aliphatic heterocycles. The molecule has 62 valence electrons. The maximum atomic E-state index is 9.40. The van der Waals surface area contributed by atoms with E-state index in [4.69, 9.17) is 17.5 Å². The van der Waals surface area contributed by atoms with Gasteiger partial charge in [-0.15, -0.1) is 0 Å². The molecule has 0 unspecified atom stereocenters. The maximum absolute atomic E-state index is 9.40. The van der Waals surface area contributed by atoms with Gasteiger partial charge in [-0.25, -0.2) is 0 Å². The van der Waals surface area contributed by atoms with Crippen molar-refractivity contribution in [2.75, 3.05) is 0 Å². The van der Waals surface area contributed by atoms with E-state index >= 15 is 0 Å². The highest BCUT2D eigenvalue weighted by Gasteiger charge is 1.84. The molecule has 0 fully saturated rings. The van der Waals surface area contributed by atoms with Crippen molar-refractivity contribution >= 4 is 16.7 Å². The van der Waals surface area contributed by atoms with Crippen molar-refractivity contribution in [3.63, 3.8) is 0 Å². The van der Waals surface area contributed by atoms with E-state index in [0.717, 1.165) is 12.7 Å². The smallest absolute Gasteiger partial charge is 0.303 e. The highest BCUT2D eigenvalue weighted by Crippen LogP contribution is 1.74. The third-order valence-corrected chi connectivity index (χ3v) is 0.407. The molecule has 0 saturated carbocycles. The molecule has 0 aromatic carbocycles. The van der Waals surface area contributed by atoms with E-state index in [2.05, 4.69) is 0 Å². The van der Waals surface area contributed by atoms with Crippen LogP contribution in [0.5, 0.6) is 0 Å². The summed E-state index contributed by atoms with van der Waals surface area (Å²) in [6.45, 7) is 1.98. The first-order valence-corrected chi connectivity index (χ1v) is 3.95. The molecule has 0 heterocycles. The summed E-state index contributed by atoms with van der Waals surface area (Å²) in [4.78, 5) is 9.40. The molecular weight excluding hydrogens is 160 g/mol. The van der Waals surface area contributed by atoms with Crippen LogP contribution in [-0.2, 0) is 15.2 Å². The topological polar surface area (TPSA) is 91.7 Å². The minimum atomic E-state index is -4.67. The van der Waals surface area contributed by atoms with E-state index in [9.17, 15) is 4.79 Å². The quantitative estimate of drug-likeness (QED) is 0.460. The summed E-state index contributed by atoms with van der Waals surface area (Å²) >= 11 is 0. The number of aldehydes is 1. The number of carbonyl (C=O) groups is 1. The molecule has 0 atom stereocenters. The van der Waals surface area contributed by atoms with Gasteiger partial charge in [0.05, 0.1) is 0 Å². The van der Waals surface area contributed by atoms with Gasteiger partial charge in [0.15, 0.2) is 0 Å². The van der Waals surface area contributed by atoms with E-state index < -0.39 is 10.4 Å². The largest absolute Gasteiger partial charge is 0.394 e. The standard InChI is InChI=1S/C4H8O.H2O4S/c1-2-3-4-5;1-5(2,3)4/h4H,2-3H2,1H3;(H2,1,2,3,4). The number of unbranched alkanes of at least 4 members (excludes halogenated alkanes) is 1. The summed E-state index contributed by atoms with van der Waals surface area (Å²) in [5.74, 6) is 0. The summed E-state index contributed by atoms with van der Waals surface area (Å²) in [5, 5.41) is 0. The minimum absolute atomic E-state index is 0.708. The Kier molecular flexibility index (Phi) is 8.15. The van der Waals surface area contributed by atoms with Crippen LogP contribution < -0.4 is 0 Å². The zero-order chi connectivity index (χ0) is 8.62. The van der Waals surface area contributed by atoms with Gasteiger partial charge < -0.3 is 4.79 Å². The summed E-state index contributed by atoms with van der Waals surface area (Å²) in [7, 11) is -4.67. The van der Waals surface area contributed by atoms with Gasteiger partial charge >= 0.3 is 10.4 Å². The van der Waals surface area contributed by atoms with Crippen molar-refractivity contribution in [3.8, 4) is 0 Å². The van der Waals surface area contributed by atoms with Crippen LogP contribution in [0.3, 0.4) is 0 Å². The fraction of sp³-hybridized carbons (Fsp3) is 0.750. The maximum Gasteiger partial charge on any atom is 0.394 e. The number of hydrogen-bond acceptors (Lipinski definition) is 3. The van der Waals surface area contributed by atoms with Gasteiger partial charge in [-0.1, -0.05) is 6.92 Å². The Bertz CT molecular complexity index is 150. The average Bonchev–Trinajstić information content (AvgIpc) is 1.63. The van der Waals surface area contributed by atoms with Crippen LogP contribution in [0.2, 0.25) is 0 Å². The molecule has 0 aliphatic rings. The van der Waals surface area contributed by atoms with Gasteiger partial charge in [-0.05, 0) is 6.42 Å². The first kappa shape index (κ1) is 12.2. The predicted octanol–water partition coefficient (Wildman–Crippen LogP) is 0.333. The lowest BCUT2D eigenvalue weighted by Gasteiger charge is -1.68. The van der Waals surface area contributed by atoms with Crippen molar-refractivity contribution in [1.29, 1.82) is 0 Å². The van der Waals surface area contributed by atoms with Crippen LogP contribution >= 0.6 is 0 Å². The second-order valence-corrected chi connectivity index (χ2v) is 2.30. The van der Waals surface area contributed by atoms with Crippen LogP contribution in [0, 0.1) is 0 Å². The Hall–Kier alpha value is -0.460. The summed E-state index contributed by atoms with van der Waals surface area (Å²) in [6, 6.07) is 0. The third kappa shape index (κ3) is 136. The molecule has 0 rings (SSSR count). The van der Waals surface area contributed by atoms with Crippen molar-refractivity contribution in [2.45, 2.75) is 19.8 Å². The van der Waals surface area contributed by atoms with Gasteiger partial charge in [0.2, 0.25) is 0 Å². The van der Waals surface area contributed by atoms with E-state index in [0.29, 0.717) is 6.42 Å².